The first-order chi connectivity index (χ1) is 14.7. The number of hydrogen-bond donors (Lipinski definition) is 1. The molecule has 0 unspecified atom stereocenters. The maximum atomic E-state index is 12.4. The minimum atomic E-state index is -0.245. The zero-order chi connectivity index (χ0) is 20.8. The Hall–Kier alpha value is -3.86. The van der Waals surface area contributed by atoms with Gasteiger partial charge in [0.1, 0.15) is 5.75 Å². The number of carbonyl (C=O) groups is 1. The van der Waals surface area contributed by atoms with Crippen molar-refractivity contribution >= 4 is 11.6 Å². The predicted molar refractivity (Wildman–Crippen MR) is 119 cm³/mol. The van der Waals surface area contributed by atoms with E-state index >= 15 is 0 Å². The molecule has 0 aliphatic heterocycles. The number of amides is 1. The molecule has 0 aliphatic carbocycles. The molecule has 0 aliphatic rings. The molecule has 0 atom stereocenters. The molecule has 1 heterocycles. The topological polar surface area (TPSA) is 56.2 Å². The number of hydrogen-bond acceptors (Lipinski definition) is 3. The second-order valence-electron chi connectivity index (χ2n) is 6.91. The molecule has 0 saturated carbocycles. The van der Waals surface area contributed by atoms with Gasteiger partial charge in [0.25, 0.3) is 5.91 Å². The molecule has 3 aromatic carbocycles. The smallest absolute Gasteiger partial charge is 0.276 e. The second kappa shape index (κ2) is 9.09. The summed E-state index contributed by atoms with van der Waals surface area (Å²) in [5, 5.41) is 7.16. The number of nitrogens with one attached hydrogen (secondary N) is 1. The number of rotatable bonds is 7. The monoisotopic (exact) mass is 397 g/mol. The van der Waals surface area contributed by atoms with Crippen molar-refractivity contribution in [2.24, 2.45) is 0 Å². The van der Waals surface area contributed by atoms with Gasteiger partial charge in [-0.05, 0) is 53.4 Å². The molecule has 1 aromatic heterocycles. The number of nitrogens with zero attached hydrogens (tertiary/aromatic N) is 2. The van der Waals surface area contributed by atoms with Gasteiger partial charge in [0.05, 0.1) is 0 Å². The van der Waals surface area contributed by atoms with Crippen LogP contribution in [-0.4, -0.2) is 15.7 Å². The Balaban J connectivity index is 1.33. The van der Waals surface area contributed by atoms with Crippen LogP contribution in [-0.2, 0) is 13.2 Å². The van der Waals surface area contributed by atoms with Crippen LogP contribution in [0.4, 0.5) is 5.69 Å². The van der Waals surface area contributed by atoms with Gasteiger partial charge in [0, 0.05) is 11.9 Å². The number of aromatic nitrogens is 2. The van der Waals surface area contributed by atoms with Gasteiger partial charge in [0.2, 0.25) is 0 Å². The van der Waals surface area contributed by atoms with Gasteiger partial charge in [-0.2, -0.15) is 5.10 Å². The van der Waals surface area contributed by atoms with Crippen LogP contribution < -0.4 is 10.1 Å². The molecule has 150 valence electrons. The van der Waals surface area contributed by atoms with Crippen LogP contribution in [0.25, 0.3) is 11.1 Å². The highest BCUT2D eigenvalue weighted by Gasteiger charge is 2.10. The molecule has 1 N–H and O–H groups in total. The number of benzene rings is 3. The minimum Gasteiger partial charge on any atom is -0.471 e. The molecule has 5 nitrogen and oxygen atoms in total. The van der Waals surface area contributed by atoms with E-state index in [0.29, 0.717) is 5.69 Å². The van der Waals surface area contributed by atoms with E-state index in [1.54, 1.807) is 16.9 Å². The average Bonchev–Trinajstić information content (AvgIpc) is 3.28. The molecule has 0 fully saturated rings. The summed E-state index contributed by atoms with van der Waals surface area (Å²) in [4.78, 5) is 12.4. The maximum absolute atomic E-state index is 12.4. The van der Waals surface area contributed by atoms with Gasteiger partial charge in [-0.25, -0.2) is 4.68 Å². The van der Waals surface area contributed by atoms with Gasteiger partial charge in [-0.1, -0.05) is 61.5 Å². The molecule has 0 spiro atoms. The Morgan fingerprint density at radius 2 is 1.60 bits per heavy atom. The van der Waals surface area contributed by atoms with Gasteiger partial charge >= 0.3 is 0 Å². The zero-order valence-electron chi connectivity index (χ0n) is 16.8. The summed E-state index contributed by atoms with van der Waals surface area (Å²) in [6.07, 6.45) is 2.70. The summed E-state index contributed by atoms with van der Waals surface area (Å²) in [6, 6.07) is 27.6. The fraction of sp³-hybridized carbons (Fsp3) is 0.120. The highest BCUT2D eigenvalue weighted by Crippen LogP contribution is 2.22. The largest absolute Gasteiger partial charge is 0.471 e. The van der Waals surface area contributed by atoms with E-state index < -0.39 is 0 Å². The molecular weight excluding hydrogens is 374 g/mol. The fourth-order valence-electron chi connectivity index (χ4n) is 3.09. The predicted octanol–water partition coefficient (Wildman–Crippen LogP) is 5.40. The zero-order valence-corrected chi connectivity index (χ0v) is 16.8. The van der Waals surface area contributed by atoms with Gasteiger partial charge in [-0.15, -0.1) is 0 Å². The van der Waals surface area contributed by atoms with Crippen molar-refractivity contribution in [2.45, 2.75) is 20.1 Å². The van der Waals surface area contributed by atoms with Crippen molar-refractivity contribution in [3.8, 4) is 16.9 Å². The molecule has 4 aromatic rings. The maximum Gasteiger partial charge on any atom is 0.276 e. The van der Waals surface area contributed by atoms with Gasteiger partial charge < -0.3 is 10.1 Å². The van der Waals surface area contributed by atoms with Crippen molar-refractivity contribution in [2.75, 3.05) is 5.32 Å². The third-order valence-corrected chi connectivity index (χ3v) is 4.82. The van der Waals surface area contributed by atoms with E-state index in [4.69, 9.17) is 4.74 Å². The Bertz CT molecular complexity index is 1100. The van der Waals surface area contributed by atoms with Gasteiger partial charge in [0.15, 0.2) is 12.4 Å². The summed E-state index contributed by atoms with van der Waals surface area (Å²) < 4.78 is 7.39. The number of carbonyl (C=O) groups excluding carboxylic acids is 1. The van der Waals surface area contributed by atoms with Crippen LogP contribution in [0.15, 0.2) is 91.1 Å². The summed E-state index contributed by atoms with van der Waals surface area (Å²) >= 11 is 0. The average molecular weight is 397 g/mol. The lowest BCUT2D eigenvalue weighted by molar-refractivity contribution is 0.102. The quantitative estimate of drug-likeness (QED) is 0.454. The van der Waals surface area contributed by atoms with Crippen LogP contribution in [0.5, 0.6) is 5.75 Å². The Morgan fingerprint density at radius 3 is 2.30 bits per heavy atom. The molecule has 0 saturated heterocycles. The first-order valence-corrected chi connectivity index (χ1v) is 9.93. The van der Waals surface area contributed by atoms with Crippen molar-refractivity contribution in [3.63, 3.8) is 0 Å². The number of anilines is 1. The Kier molecular flexibility index (Phi) is 5.90. The second-order valence-corrected chi connectivity index (χ2v) is 6.91. The van der Waals surface area contributed by atoms with Crippen LogP contribution in [0.1, 0.15) is 23.0 Å². The SMILES string of the molecule is CCc1ccc(NC(=O)c2ccn(COc3ccc(-c4ccccc4)cc3)n2)cc1. The van der Waals surface area contributed by atoms with Crippen molar-refractivity contribution < 1.29 is 9.53 Å². The Labute approximate surface area is 175 Å². The fourth-order valence-corrected chi connectivity index (χ4v) is 3.09. The van der Waals surface area contributed by atoms with E-state index in [1.165, 1.54) is 5.56 Å². The molecule has 30 heavy (non-hydrogen) atoms. The highest BCUT2D eigenvalue weighted by atomic mass is 16.5. The molecule has 5 heteroatoms. The summed E-state index contributed by atoms with van der Waals surface area (Å²) in [5.41, 5.74) is 4.62. The standard InChI is InChI=1S/C25H23N3O2/c1-2-19-8-12-22(13-9-19)26-25(29)24-16-17-28(27-24)18-30-23-14-10-21(11-15-23)20-6-4-3-5-7-20/h3-17H,2,18H2,1H3,(H,26,29). The molecule has 0 radical (unpaired) electrons. The van der Waals surface area contributed by atoms with Crippen LogP contribution in [0.3, 0.4) is 0 Å². The lowest BCUT2D eigenvalue weighted by Crippen LogP contribution is -2.14. The molecule has 4 rings (SSSR count). The van der Waals surface area contributed by atoms with Crippen LogP contribution in [0.2, 0.25) is 0 Å². The van der Waals surface area contributed by atoms with E-state index in [-0.39, 0.29) is 12.6 Å². The third-order valence-electron chi connectivity index (χ3n) is 4.82. The van der Waals surface area contributed by atoms with E-state index in [9.17, 15) is 4.79 Å². The molecular formula is C25H23N3O2. The van der Waals surface area contributed by atoms with Crippen molar-refractivity contribution in [1.29, 1.82) is 0 Å². The van der Waals surface area contributed by atoms with Crippen LogP contribution in [0, 0.1) is 0 Å². The number of ether oxygens (including phenoxy) is 1. The van der Waals surface area contributed by atoms with Crippen molar-refractivity contribution in [3.05, 3.63) is 102 Å². The van der Waals surface area contributed by atoms with E-state index in [1.807, 2.05) is 66.7 Å². The number of aryl methyl sites for hydroxylation is 1. The lowest BCUT2D eigenvalue weighted by atomic mass is 10.1. The minimum absolute atomic E-state index is 0.225. The van der Waals surface area contributed by atoms with Crippen molar-refractivity contribution in [1.82, 2.24) is 9.78 Å². The lowest BCUT2D eigenvalue weighted by Gasteiger charge is -2.08. The normalized spacial score (nSPS) is 10.6. The summed E-state index contributed by atoms with van der Waals surface area (Å²) in [7, 11) is 0. The molecule has 1 amide bonds. The highest BCUT2D eigenvalue weighted by molar-refractivity contribution is 6.02. The van der Waals surface area contributed by atoms with E-state index in [2.05, 4.69) is 29.5 Å². The summed E-state index contributed by atoms with van der Waals surface area (Å²) in [6.45, 7) is 2.32. The summed E-state index contributed by atoms with van der Waals surface area (Å²) in [5.74, 6) is 0.498. The van der Waals surface area contributed by atoms with E-state index in [0.717, 1.165) is 29.0 Å². The third kappa shape index (κ3) is 4.75. The Morgan fingerprint density at radius 1 is 0.900 bits per heavy atom. The first kappa shape index (κ1) is 19.5. The first-order valence-electron chi connectivity index (χ1n) is 9.93. The van der Waals surface area contributed by atoms with Gasteiger partial charge in [-0.3, -0.25) is 4.79 Å². The molecule has 0 bridgehead atoms. The van der Waals surface area contributed by atoms with Crippen LogP contribution >= 0.6 is 0 Å².